The van der Waals surface area contributed by atoms with Crippen LogP contribution in [-0.2, 0) is 9.31 Å². The van der Waals surface area contributed by atoms with Gasteiger partial charge in [0.2, 0.25) is 0 Å². The van der Waals surface area contributed by atoms with Crippen molar-refractivity contribution < 1.29 is 9.31 Å². The summed E-state index contributed by atoms with van der Waals surface area (Å²) in [7, 11) is -0.380. The van der Waals surface area contributed by atoms with E-state index in [0.29, 0.717) is 0 Å². The molecule has 3 nitrogen and oxygen atoms in total. The van der Waals surface area contributed by atoms with Gasteiger partial charge in [0.05, 0.1) is 11.2 Å². The van der Waals surface area contributed by atoms with Gasteiger partial charge in [0.1, 0.15) is 0 Å². The van der Waals surface area contributed by atoms with E-state index in [9.17, 15) is 0 Å². The van der Waals surface area contributed by atoms with Gasteiger partial charge in [-0.2, -0.15) is 0 Å². The van der Waals surface area contributed by atoms with Crippen molar-refractivity contribution in [2.24, 2.45) is 0 Å². The Balaban J connectivity index is 1.22. The first-order chi connectivity index (χ1) is 23.3. The van der Waals surface area contributed by atoms with Gasteiger partial charge in [-0.25, -0.2) is 0 Å². The Morgan fingerprint density at radius 1 is 0.500 bits per heavy atom. The van der Waals surface area contributed by atoms with Gasteiger partial charge < -0.3 is 14.2 Å². The van der Waals surface area contributed by atoms with Gasteiger partial charge in [-0.1, -0.05) is 78.9 Å². The number of rotatable bonds is 5. The minimum atomic E-state index is -0.380. The van der Waals surface area contributed by atoms with Crippen LogP contribution in [0.2, 0.25) is 0 Å². The molecule has 8 aromatic rings. The zero-order valence-corrected chi connectivity index (χ0v) is 29.0. The lowest BCUT2D eigenvalue weighted by Crippen LogP contribution is -2.41. The predicted octanol–water partition coefficient (Wildman–Crippen LogP) is 11.9. The Bertz CT molecular complexity index is 2430. The Kier molecular flexibility index (Phi) is 6.83. The molecule has 0 bridgehead atoms. The second-order valence-corrected chi connectivity index (χ2v) is 15.8. The van der Waals surface area contributed by atoms with Crippen molar-refractivity contribution in [2.45, 2.75) is 38.9 Å². The number of nitrogens with zero attached hydrogens (tertiary/aromatic N) is 1. The summed E-state index contributed by atoms with van der Waals surface area (Å²) in [5, 5.41) is 5.08. The Labute approximate surface area is 289 Å². The molecule has 0 radical (unpaired) electrons. The number of anilines is 3. The molecule has 48 heavy (non-hydrogen) atoms. The fraction of sp³-hybridized carbons (Fsp3) is 0.143. The van der Waals surface area contributed by atoms with Gasteiger partial charge in [-0.05, 0) is 98.7 Å². The van der Waals surface area contributed by atoms with Crippen molar-refractivity contribution in [3.05, 3.63) is 133 Å². The average molecular weight is 660 g/mol. The summed E-state index contributed by atoms with van der Waals surface area (Å²) in [6.45, 7) is 8.42. The number of hydrogen-bond donors (Lipinski definition) is 0. The average Bonchev–Trinajstić information content (AvgIpc) is 3.72. The summed E-state index contributed by atoms with van der Waals surface area (Å²) < 4.78 is 18.0. The van der Waals surface area contributed by atoms with Crippen molar-refractivity contribution in [1.82, 2.24) is 0 Å². The van der Waals surface area contributed by atoms with Crippen LogP contribution in [0.1, 0.15) is 27.7 Å². The summed E-state index contributed by atoms with van der Waals surface area (Å²) in [5.74, 6) is 0. The minimum Gasteiger partial charge on any atom is -0.399 e. The zero-order chi connectivity index (χ0) is 32.6. The molecule has 0 aliphatic carbocycles. The van der Waals surface area contributed by atoms with Crippen molar-refractivity contribution in [2.75, 3.05) is 4.90 Å². The number of hydrogen-bond acceptors (Lipinski definition) is 5. The normalized spacial score (nSPS) is 15.6. The molecule has 1 aliphatic rings. The van der Waals surface area contributed by atoms with Crippen LogP contribution in [0.3, 0.4) is 0 Å². The molecular weight excluding hydrogens is 625 g/mol. The largest absolute Gasteiger partial charge is 0.494 e. The Hall–Kier alpha value is -4.46. The molecule has 1 saturated heterocycles. The topological polar surface area (TPSA) is 21.7 Å². The standard InChI is InChI=1S/C42H34BNO2S2/c1-41(2)42(3,4)46-43(45-41)28-20-22-38-35(24-28)33-21-19-27(23-39(33)47-38)34-25-31(26-36-32-17-11-12-18-37(32)48-40(34)36)44(29-13-7-5-8-14-29)30-15-9-6-10-16-30/h5-26H,1-4H3. The van der Waals surface area contributed by atoms with Crippen LogP contribution in [0, 0.1) is 0 Å². The third kappa shape index (κ3) is 4.78. The summed E-state index contributed by atoms with van der Waals surface area (Å²) in [6.07, 6.45) is 0. The van der Waals surface area contributed by atoms with E-state index >= 15 is 0 Å². The predicted molar refractivity (Wildman–Crippen MR) is 208 cm³/mol. The molecule has 0 saturated carbocycles. The third-order valence-electron chi connectivity index (χ3n) is 10.1. The number of fused-ring (bicyclic) bond motifs is 6. The van der Waals surface area contributed by atoms with E-state index < -0.39 is 0 Å². The van der Waals surface area contributed by atoms with Crippen LogP contribution >= 0.6 is 22.7 Å². The monoisotopic (exact) mass is 659 g/mol. The van der Waals surface area contributed by atoms with Crippen LogP contribution in [0.25, 0.3) is 51.5 Å². The van der Waals surface area contributed by atoms with E-state index in [4.69, 9.17) is 9.31 Å². The summed E-state index contributed by atoms with van der Waals surface area (Å²) in [6, 6.07) is 48.5. The van der Waals surface area contributed by atoms with Gasteiger partial charge in [0, 0.05) is 57.6 Å². The highest BCUT2D eigenvalue weighted by atomic mass is 32.1. The quantitative estimate of drug-likeness (QED) is 0.172. The highest BCUT2D eigenvalue weighted by molar-refractivity contribution is 7.26. The van der Waals surface area contributed by atoms with E-state index in [1.54, 1.807) is 0 Å². The maximum Gasteiger partial charge on any atom is 0.494 e. The number of thiophene rings is 2. The third-order valence-corrected chi connectivity index (χ3v) is 12.4. The zero-order valence-electron chi connectivity index (χ0n) is 27.4. The van der Waals surface area contributed by atoms with E-state index in [0.717, 1.165) is 22.5 Å². The molecular formula is C42H34BNO2S2. The van der Waals surface area contributed by atoms with Crippen molar-refractivity contribution in [3.63, 3.8) is 0 Å². The first-order valence-corrected chi connectivity index (χ1v) is 18.1. The van der Waals surface area contributed by atoms with E-state index in [-0.39, 0.29) is 18.3 Å². The molecule has 0 unspecified atom stereocenters. The SMILES string of the molecule is CC1(C)OB(c2ccc3sc4cc(-c5cc(N(c6ccccc6)c6ccccc6)cc6c5sc5ccccc56)ccc4c3c2)OC1(C)C. The maximum absolute atomic E-state index is 6.40. The molecule has 6 heteroatoms. The van der Waals surface area contributed by atoms with Crippen molar-refractivity contribution in [3.8, 4) is 11.1 Å². The summed E-state index contributed by atoms with van der Waals surface area (Å²) in [4.78, 5) is 2.37. The second kappa shape index (κ2) is 11.0. The maximum atomic E-state index is 6.40. The second-order valence-electron chi connectivity index (χ2n) is 13.6. The van der Waals surface area contributed by atoms with E-state index in [2.05, 4.69) is 166 Å². The molecule has 0 N–H and O–H groups in total. The first kappa shape index (κ1) is 29.7. The molecule has 234 valence electrons. The lowest BCUT2D eigenvalue weighted by Gasteiger charge is -2.32. The Morgan fingerprint density at radius 3 is 1.83 bits per heavy atom. The van der Waals surface area contributed by atoms with Gasteiger partial charge in [0.15, 0.2) is 0 Å². The van der Waals surface area contributed by atoms with Crippen LogP contribution in [0.4, 0.5) is 17.1 Å². The molecule has 6 aromatic carbocycles. The minimum absolute atomic E-state index is 0.374. The highest BCUT2D eigenvalue weighted by Gasteiger charge is 2.51. The van der Waals surface area contributed by atoms with Gasteiger partial charge in [0.25, 0.3) is 0 Å². The van der Waals surface area contributed by atoms with Gasteiger partial charge in [-0.15, -0.1) is 22.7 Å². The number of benzene rings is 6. The molecule has 1 aliphatic heterocycles. The molecule has 0 amide bonds. The molecule has 1 fully saturated rings. The fourth-order valence-electron chi connectivity index (χ4n) is 6.84. The molecule has 2 aromatic heterocycles. The van der Waals surface area contributed by atoms with Crippen LogP contribution < -0.4 is 10.4 Å². The lowest BCUT2D eigenvalue weighted by molar-refractivity contribution is 0.00578. The highest BCUT2D eigenvalue weighted by Crippen LogP contribution is 2.47. The molecule has 9 rings (SSSR count). The van der Waals surface area contributed by atoms with Gasteiger partial charge in [-0.3, -0.25) is 0 Å². The van der Waals surface area contributed by atoms with Gasteiger partial charge >= 0.3 is 7.12 Å². The van der Waals surface area contributed by atoms with E-state index in [1.165, 1.54) is 51.5 Å². The Morgan fingerprint density at radius 2 is 1.12 bits per heavy atom. The van der Waals surface area contributed by atoms with Crippen LogP contribution in [0.15, 0.2) is 133 Å². The number of para-hydroxylation sites is 2. The molecule has 0 spiro atoms. The van der Waals surface area contributed by atoms with Crippen LogP contribution in [0.5, 0.6) is 0 Å². The fourth-order valence-corrected chi connectivity index (χ4v) is 9.19. The van der Waals surface area contributed by atoms with Crippen LogP contribution in [-0.4, -0.2) is 18.3 Å². The lowest BCUT2D eigenvalue weighted by atomic mass is 9.78. The smallest absolute Gasteiger partial charge is 0.399 e. The summed E-state index contributed by atoms with van der Waals surface area (Å²) in [5.41, 5.74) is 6.19. The summed E-state index contributed by atoms with van der Waals surface area (Å²) >= 11 is 3.73. The first-order valence-electron chi connectivity index (χ1n) is 16.4. The van der Waals surface area contributed by atoms with Crippen molar-refractivity contribution >= 4 is 92.7 Å². The molecule has 3 heterocycles. The van der Waals surface area contributed by atoms with Crippen molar-refractivity contribution in [1.29, 1.82) is 0 Å². The molecule has 0 atom stereocenters. The van der Waals surface area contributed by atoms with E-state index in [1.807, 2.05) is 22.7 Å².